The van der Waals surface area contributed by atoms with Gasteiger partial charge in [-0.15, -0.1) is 0 Å². The van der Waals surface area contributed by atoms with Gasteiger partial charge in [-0.05, 0) is 18.6 Å². The van der Waals surface area contributed by atoms with Gasteiger partial charge in [-0.2, -0.15) is 0 Å². The topological polar surface area (TPSA) is 55.1 Å². The van der Waals surface area contributed by atoms with Crippen molar-refractivity contribution in [2.75, 3.05) is 11.9 Å². The van der Waals surface area contributed by atoms with Gasteiger partial charge in [-0.1, -0.05) is 13.3 Å². The van der Waals surface area contributed by atoms with E-state index in [-0.39, 0.29) is 24.1 Å². The third kappa shape index (κ3) is 3.78. The molecule has 3 N–H and O–H groups in total. The number of carbonyl (C=O) groups is 1. The van der Waals surface area contributed by atoms with Crippen molar-refractivity contribution >= 4 is 11.6 Å². The summed E-state index contributed by atoms with van der Waals surface area (Å²) in [7, 11) is 0. The predicted octanol–water partition coefficient (Wildman–Crippen LogP) is 2.28. The Morgan fingerprint density at radius 1 is 1.47 bits per heavy atom. The first-order valence-corrected chi connectivity index (χ1v) is 5.54. The van der Waals surface area contributed by atoms with Gasteiger partial charge in [0, 0.05) is 12.6 Å². The van der Waals surface area contributed by atoms with Crippen molar-refractivity contribution in [1.82, 2.24) is 0 Å². The first-order valence-electron chi connectivity index (χ1n) is 5.54. The van der Waals surface area contributed by atoms with Crippen LogP contribution >= 0.6 is 0 Å². The molecule has 3 nitrogen and oxygen atoms in total. The number of halogens is 2. The highest BCUT2D eigenvalue weighted by Gasteiger charge is 2.17. The van der Waals surface area contributed by atoms with Crippen molar-refractivity contribution in [3.8, 4) is 0 Å². The number of rotatable bonds is 5. The van der Waals surface area contributed by atoms with Crippen LogP contribution in [0.4, 0.5) is 14.5 Å². The molecule has 5 heteroatoms. The summed E-state index contributed by atoms with van der Waals surface area (Å²) in [4.78, 5) is 11.7. The van der Waals surface area contributed by atoms with Gasteiger partial charge in [0.15, 0.2) is 0 Å². The van der Waals surface area contributed by atoms with E-state index in [1.165, 1.54) is 0 Å². The van der Waals surface area contributed by atoms with E-state index < -0.39 is 11.6 Å². The minimum atomic E-state index is -0.660. The van der Waals surface area contributed by atoms with Gasteiger partial charge < -0.3 is 11.1 Å². The van der Waals surface area contributed by atoms with Crippen LogP contribution in [0.1, 0.15) is 19.8 Å². The van der Waals surface area contributed by atoms with Crippen molar-refractivity contribution in [2.24, 2.45) is 11.7 Å². The third-order valence-electron chi connectivity index (χ3n) is 2.48. The molecule has 0 saturated heterocycles. The maximum absolute atomic E-state index is 13.3. The van der Waals surface area contributed by atoms with Crippen molar-refractivity contribution in [3.05, 3.63) is 29.8 Å². The van der Waals surface area contributed by atoms with E-state index in [4.69, 9.17) is 5.73 Å². The number of anilines is 1. The molecular formula is C12H16F2N2O. The largest absolute Gasteiger partial charge is 0.330 e. The standard InChI is InChI=1S/C12H16F2N2O/c1-2-3-8(7-15)12(17)16-11-6-9(13)4-5-10(11)14/h4-6,8H,2-3,7,15H2,1H3,(H,16,17). The van der Waals surface area contributed by atoms with Crippen molar-refractivity contribution in [1.29, 1.82) is 0 Å². The summed E-state index contributed by atoms with van der Waals surface area (Å²) in [5, 5.41) is 2.35. The average Bonchev–Trinajstić information content (AvgIpc) is 2.30. The van der Waals surface area contributed by atoms with Crippen LogP contribution in [0.3, 0.4) is 0 Å². The molecule has 0 fully saturated rings. The molecule has 1 unspecified atom stereocenters. The Balaban J connectivity index is 2.76. The fourth-order valence-corrected chi connectivity index (χ4v) is 1.53. The van der Waals surface area contributed by atoms with Gasteiger partial charge in [0.05, 0.1) is 11.6 Å². The molecule has 0 aliphatic heterocycles. The number of carbonyl (C=O) groups excluding carboxylic acids is 1. The Hall–Kier alpha value is -1.49. The molecule has 0 saturated carbocycles. The number of benzene rings is 1. The number of hydrogen-bond acceptors (Lipinski definition) is 2. The summed E-state index contributed by atoms with van der Waals surface area (Å²) in [6.07, 6.45) is 1.43. The lowest BCUT2D eigenvalue weighted by molar-refractivity contribution is -0.119. The molecule has 1 aromatic carbocycles. The molecule has 1 aromatic rings. The van der Waals surface area contributed by atoms with Gasteiger partial charge in [0.2, 0.25) is 5.91 Å². The summed E-state index contributed by atoms with van der Waals surface area (Å²) in [6.45, 7) is 2.12. The van der Waals surface area contributed by atoms with Gasteiger partial charge in [-0.25, -0.2) is 8.78 Å². The van der Waals surface area contributed by atoms with Crippen molar-refractivity contribution < 1.29 is 13.6 Å². The Morgan fingerprint density at radius 3 is 2.76 bits per heavy atom. The normalized spacial score (nSPS) is 12.2. The van der Waals surface area contributed by atoms with E-state index in [2.05, 4.69) is 5.32 Å². The molecule has 0 radical (unpaired) electrons. The molecule has 0 spiro atoms. The summed E-state index contributed by atoms with van der Waals surface area (Å²) in [6, 6.07) is 2.92. The smallest absolute Gasteiger partial charge is 0.228 e. The van der Waals surface area contributed by atoms with Crippen molar-refractivity contribution in [2.45, 2.75) is 19.8 Å². The van der Waals surface area contributed by atoms with Crippen LogP contribution in [-0.4, -0.2) is 12.5 Å². The molecule has 0 bridgehead atoms. The van der Waals surface area contributed by atoms with Crippen LogP contribution in [0.5, 0.6) is 0 Å². The summed E-state index contributed by atoms with van der Waals surface area (Å²) >= 11 is 0. The minimum absolute atomic E-state index is 0.149. The predicted molar refractivity (Wildman–Crippen MR) is 62.4 cm³/mol. The second kappa shape index (κ2) is 6.30. The number of amides is 1. The van der Waals surface area contributed by atoms with E-state index in [0.29, 0.717) is 6.42 Å². The summed E-state index contributed by atoms with van der Waals surface area (Å²) < 4.78 is 26.2. The quantitative estimate of drug-likeness (QED) is 0.832. The van der Waals surface area contributed by atoms with Gasteiger partial charge >= 0.3 is 0 Å². The van der Waals surface area contributed by atoms with Gasteiger partial charge in [0.1, 0.15) is 11.6 Å². The van der Waals surface area contributed by atoms with E-state index >= 15 is 0 Å². The third-order valence-corrected chi connectivity index (χ3v) is 2.48. The fraction of sp³-hybridized carbons (Fsp3) is 0.417. The molecular weight excluding hydrogens is 226 g/mol. The number of nitrogens with one attached hydrogen (secondary N) is 1. The molecule has 1 rings (SSSR count). The molecule has 0 heterocycles. The zero-order chi connectivity index (χ0) is 12.8. The molecule has 1 amide bonds. The maximum Gasteiger partial charge on any atom is 0.228 e. The highest BCUT2D eigenvalue weighted by molar-refractivity contribution is 5.92. The molecule has 94 valence electrons. The second-order valence-electron chi connectivity index (χ2n) is 3.83. The van der Waals surface area contributed by atoms with Crippen LogP contribution in [0.15, 0.2) is 18.2 Å². The van der Waals surface area contributed by atoms with Crippen LogP contribution < -0.4 is 11.1 Å². The first kappa shape index (κ1) is 13.6. The number of hydrogen-bond donors (Lipinski definition) is 2. The van der Waals surface area contributed by atoms with E-state index in [0.717, 1.165) is 24.6 Å². The number of nitrogens with two attached hydrogens (primary N) is 1. The van der Waals surface area contributed by atoms with Crippen LogP contribution in [0, 0.1) is 17.6 Å². The Bertz CT molecular complexity index is 396. The summed E-state index contributed by atoms with van der Waals surface area (Å²) in [5.41, 5.74) is 5.30. The molecule has 0 aromatic heterocycles. The SMILES string of the molecule is CCCC(CN)C(=O)Nc1cc(F)ccc1F. The van der Waals surface area contributed by atoms with Crippen molar-refractivity contribution in [3.63, 3.8) is 0 Å². The van der Waals surface area contributed by atoms with E-state index in [1.807, 2.05) is 6.92 Å². The maximum atomic E-state index is 13.3. The zero-order valence-corrected chi connectivity index (χ0v) is 9.67. The molecule has 1 atom stereocenters. The Morgan fingerprint density at radius 2 is 2.18 bits per heavy atom. The van der Waals surface area contributed by atoms with Gasteiger partial charge in [-0.3, -0.25) is 4.79 Å². The highest BCUT2D eigenvalue weighted by atomic mass is 19.1. The summed E-state index contributed by atoms with van der Waals surface area (Å²) in [5.74, 6) is -2.00. The van der Waals surface area contributed by atoms with Crippen LogP contribution in [0.25, 0.3) is 0 Å². The zero-order valence-electron chi connectivity index (χ0n) is 9.67. The Kier molecular flexibility index (Phi) is 5.03. The highest BCUT2D eigenvalue weighted by Crippen LogP contribution is 2.17. The van der Waals surface area contributed by atoms with Crippen LogP contribution in [-0.2, 0) is 4.79 Å². The molecule has 17 heavy (non-hydrogen) atoms. The fourth-order valence-electron chi connectivity index (χ4n) is 1.53. The second-order valence-corrected chi connectivity index (χ2v) is 3.83. The molecule has 0 aliphatic rings. The average molecular weight is 242 g/mol. The lowest BCUT2D eigenvalue weighted by atomic mass is 10.0. The Labute approximate surface area is 99.0 Å². The lowest BCUT2D eigenvalue weighted by Crippen LogP contribution is -2.29. The van der Waals surface area contributed by atoms with Crippen LogP contribution in [0.2, 0.25) is 0 Å². The monoisotopic (exact) mass is 242 g/mol. The lowest BCUT2D eigenvalue weighted by Gasteiger charge is -2.14. The first-order chi connectivity index (χ1) is 8.08. The molecule has 0 aliphatic carbocycles. The van der Waals surface area contributed by atoms with E-state index in [9.17, 15) is 13.6 Å². The van der Waals surface area contributed by atoms with Gasteiger partial charge in [0.25, 0.3) is 0 Å². The van der Waals surface area contributed by atoms with E-state index in [1.54, 1.807) is 0 Å². The minimum Gasteiger partial charge on any atom is -0.330 e.